The summed E-state index contributed by atoms with van der Waals surface area (Å²) in [6.45, 7) is 6.11. The fraction of sp³-hybridized carbons (Fsp3) is 0.900. The first-order valence-corrected chi connectivity index (χ1v) is 5.37. The predicted octanol–water partition coefficient (Wildman–Crippen LogP) is 0.971. The third kappa shape index (κ3) is 2.18. The molecular weight excluding hydrogens is 180 g/mol. The highest BCUT2D eigenvalue weighted by atomic mass is 16.6. The summed E-state index contributed by atoms with van der Waals surface area (Å²) in [5.74, 6) is 0. The van der Waals surface area contributed by atoms with Crippen molar-refractivity contribution < 1.29 is 9.53 Å². The molecule has 0 bridgehead atoms. The van der Waals surface area contributed by atoms with E-state index in [9.17, 15) is 4.79 Å². The number of carbonyl (C=O) groups excluding carboxylic acids is 1. The average Bonchev–Trinajstić information content (AvgIpc) is 2.73. The monoisotopic (exact) mass is 198 g/mol. The zero-order valence-electron chi connectivity index (χ0n) is 8.71. The molecule has 0 aromatic heterocycles. The lowest BCUT2D eigenvalue weighted by molar-refractivity contribution is 0.0573. The average molecular weight is 198 g/mol. The molecule has 2 aliphatic rings. The van der Waals surface area contributed by atoms with Crippen molar-refractivity contribution in [2.45, 2.75) is 31.8 Å². The molecule has 2 saturated heterocycles. The van der Waals surface area contributed by atoms with Crippen LogP contribution >= 0.6 is 0 Å². The minimum Gasteiger partial charge on any atom is -0.441 e. The Bertz CT molecular complexity index is 226. The van der Waals surface area contributed by atoms with Gasteiger partial charge in [0.1, 0.15) is 5.60 Å². The van der Waals surface area contributed by atoms with Crippen molar-refractivity contribution in [2.24, 2.45) is 0 Å². The lowest BCUT2D eigenvalue weighted by atomic mass is 10.0. The topological polar surface area (TPSA) is 41.6 Å². The number of nitrogens with zero attached hydrogens (tertiary/aromatic N) is 1. The van der Waals surface area contributed by atoms with E-state index in [1.165, 1.54) is 25.9 Å². The Morgan fingerprint density at radius 3 is 2.79 bits per heavy atom. The maximum Gasteiger partial charge on any atom is 0.407 e. The van der Waals surface area contributed by atoms with Gasteiger partial charge in [0.25, 0.3) is 0 Å². The Kier molecular flexibility index (Phi) is 2.63. The summed E-state index contributed by atoms with van der Waals surface area (Å²) in [4.78, 5) is 13.3. The number of likely N-dealkylation sites (tertiary alicyclic amines) is 1. The lowest BCUT2D eigenvalue weighted by Crippen LogP contribution is -2.34. The first-order valence-electron chi connectivity index (χ1n) is 5.37. The number of amides is 1. The molecule has 2 heterocycles. The molecule has 1 amide bonds. The number of hydrogen-bond acceptors (Lipinski definition) is 3. The van der Waals surface area contributed by atoms with E-state index in [1.807, 2.05) is 6.92 Å². The molecule has 2 rings (SSSR count). The van der Waals surface area contributed by atoms with E-state index in [4.69, 9.17) is 4.74 Å². The van der Waals surface area contributed by atoms with Gasteiger partial charge >= 0.3 is 6.09 Å². The second kappa shape index (κ2) is 3.77. The van der Waals surface area contributed by atoms with E-state index in [-0.39, 0.29) is 11.7 Å². The number of ether oxygens (including phenoxy) is 1. The van der Waals surface area contributed by atoms with E-state index in [2.05, 4.69) is 10.2 Å². The third-order valence-corrected chi connectivity index (χ3v) is 3.10. The van der Waals surface area contributed by atoms with Gasteiger partial charge in [-0.2, -0.15) is 0 Å². The van der Waals surface area contributed by atoms with Crippen LogP contribution in [0.1, 0.15) is 26.2 Å². The Hall–Kier alpha value is -0.770. The predicted molar refractivity (Wildman–Crippen MR) is 53.2 cm³/mol. The van der Waals surface area contributed by atoms with Gasteiger partial charge in [-0.25, -0.2) is 4.79 Å². The second-order valence-electron chi connectivity index (χ2n) is 4.49. The van der Waals surface area contributed by atoms with Crippen LogP contribution in [-0.2, 0) is 4.74 Å². The largest absolute Gasteiger partial charge is 0.441 e. The molecule has 14 heavy (non-hydrogen) atoms. The number of alkyl carbamates (subject to hydrolysis) is 1. The van der Waals surface area contributed by atoms with Gasteiger partial charge in [-0.3, -0.25) is 0 Å². The van der Waals surface area contributed by atoms with Crippen LogP contribution in [0.15, 0.2) is 0 Å². The lowest BCUT2D eigenvalue weighted by Gasteiger charge is -2.24. The fourth-order valence-electron chi connectivity index (χ4n) is 2.10. The first-order chi connectivity index (χ1) is 6.68. The second-order valence-corrected chi connectivity index (χ2v) is 4.49. The quantitative estimate of drug-likeness (QED) is 0.734. The van der Waals surface area contributed by atoms with Crippen molar-refractivity contribution >= 4 is 6.09 Å². The summed E-state index contributed by atoms with van der Waals surface area (Å²) < 4.78 is 5.23. The summed E-state index contributed by atoms with van der Waals surface area (Å²) in [6, 6.07) is 0. The molecule has 1 N–H and O–H groups in total. The fourth-order valence-corrected chi connectivity index (χ4v) is 2.10. The summed E-state index contributed by atoms with van der Waals surface area (Å²) in [5.41, 5.74) is -0.278. The minimum atomic E-state index is -0.278. The highest BCUT2D eigenvalue weighted by Crippen LogP contribution is 2.21. The molecule has 4 heteroatoms. The Balaban J connectivity index is 1.76. The third-order valence-electron chi connectivity index (χ3n) is 3.10. The molecule has 4 nitrogen and oxygen atoms in total. The highest BCUT2D eigenvalue weighted by Gasteiger charge is 2.35. The van der Waals surface area contributed by atoms with Gasteiger partial charge in [-0.1, -0.05) is 0 Å². The summed E-state index contributed by atoms with van der Waals surface area (Å²) in [6.07, 6.45) is 3.30. The standard InChI is InChI=1S/C10H18N2O2/c1-10(8-11-9(13)14-10)4-7-12-5-2-3-6-12/h2-8H2,1H3,(H,11,13). The number of carbonyl (C=O) groups is 1. The molecular formula is C10H18N2O2. The van der Waals surface area contributed by atoms with Crippen LogP contribution in [0, 0.1) is 0 Å². The smallest absolute Gasteiger partial charge is 0.407 e. The van der Waals surface area contributed by atoms with E-state index >= 15 is 0 Å². The SMILES string of the molecule is CC1(CCN2CCCC2)CNC(=O)O1. The highest BCUT2D eigenvalue weighted by molar-refractivity contribution is 5.70. The Morgan fingerprint density at radius 2 is 2.21 bits per heavy atom. The van der Waals surface area contributed by atoms with Crippen molar-refractivity contribution in [2.75, 3.05) is 26.2 Å². The summed E-state index contributed by atoms with van der Waals surface area (Å²) >= 11 is 0. The van der Waals surface area contributed by atoms with E-state index < -0.39 is 0 Å². The van der Waals surface area contributed by atoms with Crippen LogP contribution in [0.4, 0.5) is 4.79 Å². The van der Waals surface area contributed by atoms with Crippen LogP contribution in [0.5, 0.6) is 0 Å². The summed E-state index contributed by atoms with van der Waals surface area (Å²) in [7, 11) is 0. The molecule has 1 unspecified atom stereocenters. The van der Waals surface area contributed by atoms with Gasteiger partial charge < -0.3 is 15.0 Å². The van der Waals surface area contributed by atoms with Crippen molar-refractivity contribution in [3.05, 3.63) is 0 Å². The molecule has 2 aliphatic heterocycles. The summed E-state index contributed by atoms with van der Waals surface area (Å²) in [5, 5.41) is 2.71. The molecule has 0 radical (unpaired) electrons. The van der Waals surface area contributed by atoms with Crippen LogP contribution in [0.25, 0.3) is 0 Å². The first kappa shape index (κ1) is 9.77. The van der Waals surface area contributed by atoms with Crippen molar-refractivity contribution in [1.29, 1.82) is 0 Å². The van der Waals surface area contributed by atoms with E-state index in [0.717, 1.165) is 13.0 Å². The molecule has 1 atom stereocenters. The maximum absolute atomic E-state index is 10.9. The number of hydrogen-bond donors (Lipinski definition) is 1. The molecule has 0 aliphatic carbocycles. The maximum atomic E-state index is 10.9. The molecule has 80 valence electrons. The molecule has 0 aromatic carbocycles. The van der Waals surface area contributed by atoms with Gasteiger partial charge in [-0.05, 0) is 32.9 Å². The zero-order valence-corrected chi connectivity index (χ0v) is 8.71. The van der Waals surface area contributed by atoms with Gasteiger partial charge in [0.2, 0.25) is 0 Å². The minimum absolute atomic E-state index is 0.270. The normalized spacial score (nSPS) is 33.1. The zero-order chi connectivity index (χ0) is 10.0. The van der Waals surface area contributed by atoms with Crippen LogP contribution < -0.4 is 5.32 Å². The van der Waals surface area contributed by atoms with Crippen molar-refractivity contribution in [3.8, 4) is 0 Å². The van der Waals surface area contributed by atoms with Gasteiger partial charge in [-0.15, -0.1) is 0 Å². The van der Waals surface area contributed by atoms with Crippen LogP contribution in [-0.4, -0.2) is 42.8 Å². The van der Waals surface area contributed by atoms with Gasteiger partial charge in [0, 0.05) is 13.0 Å². The van der Waals surface area contributed by atoms with Gasteiger partial charge in [0.15, 0.2) is 0 Å². The molecule has 2 fully saturated rings. The molecule has 0 spiro atoms. The number of rotatable bonds is 3. The van der Waals surface area contributed by atoms with E-state index in [1.54, 1.807) is 0 Å². The van der Waals surface area contributed by atoms with E-state index in [0.29, 0.717) is 6.54 Å². The molecule has 0 saturated carbocycles. The van der Waals surface area contributed by atoms with Crippen molar-refractivity contribution in [3.63, 3.8) is 0 Å². The van der Waals surface area contributed by atoms with Crippen molar-refractivity contribution in [1.82, 2.24) is 10.2 Å². The van der Waals surface area contributed by atoms with Crippen LogP contribution in [0.2, 0.25) is 0 Å². The molecule has 0 aromatic rings. The number of cyclic esters (lactones) is 1. The Labute approximate surface area is 84.6 Å². The van der Waals surface area contributed by atoms with Gasteiger partial charge in [0.05, 0.1) is 6.54 Å². The Morgan fingerprint density at radius 1 is 1.50 bits per heavy atom. The van der Waals surface area contributed by atoms with Crippen LogP contribution in [0.3, 0.4) is 0 Å². The number of nitrogens with one attached hydrogen (secondary N) is 1.